The molecule has 1 aromatic heterocycles. The maximum Gasteiger partial charge on any atom is 0.387 e. The molecule has 2 aromatic carbocycles. The molecule has 28 heavy (non-hydrogen) atoms. The van der Waals surface area contributed by atoms with E-state index in [1.165, 1.54) is 23.0 Å². The lowest BCUT2D eigenvalue weighted by Gasteiger charge is -2.24. The van der Waals surface area contributed by atoms with E-state index >= 15 is 0 Å². The number of thiazole rings is 1. The monoisotopic (exact) mass is 400 g/mol. The first-order chi connectivity index (χ1) is 13.6. The highest BCUT2D eigenvalue weighted by Crippen LogP contribution is 2.35. The van der Waals surface area contributed by atoms with E-state index in [9.17, 15) is 13.6 Å². The highest BCUT2D eigenvalue weighted by molar-refractivity contribution is 7.14. The number of halogens is 2. The van der Waals surface area contributed by atoms with Gasteiger partial charge in [0.2, 0.25) is 5.91 Å². The summed E-state index contributed by atoms with van der Waals surface area (Å²) in [6.07, 6.45) is 2.75. The third-order valence-corrected chi connectivity index (χ3v) is 5.56. The number of carbonyl (C=O) groups is 1. The minimum absolute atomic E-state index is 0.0573. The molecule has 1 heterocycles. The van der Waals surface area contributed by atoms with Gasteiger partial charge in [-0.3, -0.25) is 4.79 Å². The average Bonchev–Trinajstić information content (AvgIpc) is 3.15. The lowest BCUT2D eigenvalue weighted by Crippen LogP contribution is -2.24. The second kappa shape index (κ2) is 8.06. The van der Waals surface area contributed by atoms with Crippen LogP contribution in [0.5, 0.6) is 5.75 Å². The van der Waals surface area contributed by atoms with Gasteiger partial charge in [0.25, 0.3) is 0 Å². The molecule has 1 N–H and O–H groups in total. The number of benzene rings is 2. The maximum atomic E-state index is 12.8. The number of aromatic nitrogens is 1. The third kappa shape index (κ3) is 3.89. The molecule has 0 bridgehead atoms. The summed E-state index contributed by atoms with van der Waals surface area (Å²) in [5.74, 6) is -0.237. The van der Waals surface area contributed by atoms with Crippen molar-refractivity contribution < 1.29 is 18.3 Å². The first kappa shape index (κ1) is 18.6. The van der Waals surface area contributed by atoms with Crippen LogP contribution in [0.15, 0.2) is 53.9 Å². The van der Waals surface area contributed by atoms with E-state index < -0.39 is 6.61 Å². The lowest BCUT2D eigenvalue weighted by atomic mass is 9.82. The first-order valence-corrected chi connectivity index (χ1v) is 9.88. The molecule has 0 spiro atoms. The Morgan fingerprint density at radius 2 is 1.96 bits per heavy atom. The molecule has 0 saturated carbocycles. The number of carbonyl (C=O) groups excluding carboxylic acids is 1. The zero-order valence-corrected chi connectivity index (χ0v) is 15.7. The van der Waals surface area contributed by atoms with E-state index in [4.69, 9.17) is 0 Å². The molecule has 1 unspecified atom stereocenters. The van der Waals surface area contributed by atoms with Crippen molar-refractivity contribution in [2.45, 2.75) is 31.8 Å². The van der Waals surface area contributed by atoms with Crippen molar-refractivity contribution in [1.82, 2.24) is 4.98 Å². The molecule has 0 aliphatic heterocycles. The van der Waals surface area contributed by atoms with Crippen molar-refractivity contribution >= 4 is 22.4 Å². The van der Waals surface area contributed by atoms with Gasteiger partial charge in [0, 0.05) is 10.9 Å². The van der Waals surface area contributed by atoms with Crippen molar-refractivity contribution in [3.05, 3.63) is 65.0 Å². The molecule has 1 atom stereocenters. The molecule has 144 valence electrons. The van der Waals surface area contributed by atoms with E-state index in [2.05, 4.69) is 21.1 Å². The highest BCUT2D eigenvalue weighted by Gasteiger charge is 2.27. The van der Waals surface area contributed by atoms with Crippen LogP contribution in [0.3, 0.4) is 0 Å². The fourth-order valence-electron chi connectivity index (χ4n) is 3.55. The molecule has 0 saturated heterocycles. The van der Waals surface area contributed by atoms with Crippen LogP contribution in [0, 0.1) is 0 Å². The van der Waals surface area contributed by atoms with Gasteiger partial charge in [-0.2, -0.15) is 8.78 Å². The van der Waals surface area contributed by atoms with Gasteiger partial charge in [-0.1, -0.05) is 36.4 Å². The number of rotatable bonds is 5. The predicted molar refractivity (Wildman–Crippen MR) is 105 cm³/mol. The number of aryl methyl sites for hydroxylation is 1. The zero-order valence-electron chi connectivity index (χ0n) is 14.9. The lowest BCUT2D eigenvalue weighted by molar-refractivity contribution is -0.117. The number of anilines is 1. The summed E-state index contributed by atoms with van der Waals surface area (Å²) in [6.45, 7) is -2.91. The van der Waals surface area contributed by atoms with Gasteiger partial charge < -0.3 is 10.1 Å². The summed E-state index contributed by atoms with van der Waals surface area (Å²) >= 11 is 1.26. The van der Waals surface area contributed by atoms with E-state index in [-0.39, 0.29) is 17.6 Å². The summed E-state index contributed by atoms with van der Waals surface area (Å²) in [7, 11) is 0. The molecule has 3 aromatic rings. The van der Waals surface area contributed by atoms with Crippen LogP contribution in [-0.4, -0.2) is 17.5 Å². The number of hydrogen-bond donors (Lipinski definition) is 1. The molecular weight excluding hydrogens is 382 g/mol. The van der Waals surface area contributed by atoms with Crippen molar-refractivity contribution in [2.75, 3.05) is 5.32 Å². The van der Waals surface area contributed by atoms with Gasteiger partial charge in [0.1, 0.15) is 5.75 Å². The minimum atomic E-state index is -2.91. The SMILES string of the molecule is O=C(Nc1nc(-c2ccccc2OC(F)F)cs1)C1CCCc2ccccc21. The van der Waals surface area contributed by atoms with Crippen LogP contribution >= 0.6 is 11.3 Å². The van der Waals surface area contributed by atoms with Gasteiger partial charge in [0.15, 0.2) is 5.13 Å². The summed E-state index contributed by atoms with van der Waals surface area (Å²) in [4.78, 5) is 17.2. The molecule has 4 rings (SSSR count). The van der Waals surface area contributed by atoms with Crippen molar-refractivity contribution in [2.24, 2.45) is 0 Å². The Hall–Kier alpha value is -2.80. The quantitative estimate of drug-likeness (QED) is 0.618. The molecule has 7 heteroatoms. The Morgan fingerprint density at radius 3 is 2.82 bits per heavy atom. The fourth-order valence-corrected chi connectivity index (χ4v) is 4.26. The molecule has 1 aliphatic rings. The number of nitrogens with one attached hydrogen (secondary N) is 1. The van der Waals surface area contributed by atoms with Crippen LogP contribution in [0.1, 0.15) is 29.9 Å². The predicted octanol–water partition coefficient (Wildman–Crippen LogP) is 5.47. The van der Waals surface area contributed by atoms with E-state index in [0.29, 0.717) is 16.4 Å². The normalized spacial score (nSPS) is 15.9. The number of hydrogen-bond acceptors (Lipinski definition) is 4. The second-order valence-electron chi connectivity index (χ2n) is 6.55. The Labute approximate surface area is 165 Å². The topological polar surface area (TPSA) is 51.2 Å². The number of nitrogens with zero attached hydrogens (tertiary/aromatic N) is 1. The Kier molecular flexibility index (Phi) is 5.34. The van der Waals surface area contributed by atoms with Crippen molar-refractivity contribution in [3.63, 3.8) is 0 Å². The van der Waals surface area contributed by atoms with Crippen LogP contribution in [0.4, 0.5) is 13.9 Å². The molecule has 1 aliphatic carbocycles. The summed E-state index contributed by atoms with van der Waals surface area (Å²) in [5, 5.41) is 5.04. The van der Waals surface area contributed by atoms with Gasteiger partial charge in [-0.15, -0.1) is 11.3 Å². The van der Waals surface area contributed by atoms with E-state index in [0.717, 1.165) is 24.8 Å². The van der Waals surface area contributed by atoms with E-state index in [1.54, 1.807) is 23.6 Å². The number of alkyl halides is 2. The molecular formula is C21H18F2N2O2S. The molecule has 0 radical (unpaired) electrons. The third-order valence-electron chi connectivity index (χ3n) is 4.80. The fraction of sp³-hybridized carbons (Fsp3) is 0.238. The summed E-state index contributed by atoms with van der Waals surface area (Å²) in [5.41, 5.74) is 3.23. The van der Waals surface area contributed by atoms with Crippen LogP contribution in [0.25, 0.3) is 11.3 Å². The number of amides is 1. The highest BCUT2D eigenvalue weighted by atomic mass is 32.1. The van der Waals surface area contributed by atoms with Crippen LogP contribution in [0.2, 0.25) is 0 Å². The summed E-state index contributed by atoms with van der Waals surface area (Å²) < 4.78 is 29.8. The number of fused-ring (bicyclic) bond motifs is 1. The Balaban J connectivity index is 1.53. The minimum Gasteiger partial charge on any atom is -0.434 e. The van der Waals surface area contributed by atoms with Gasteiger partial charge in [0.05, 0.1) is 11.6 Å². The Bertz CT molecular complexity index is 990. The van der Waals surface area contributed by atoms with Gasteiger partial charge in [-0.05, 0) is 42.5 Å². The van der Waals surface area contributed by atoms with Crippen LogP contribution < -0.4 is 10.1 Å². The van der Waals surface area contributed by atoms with Gasteiger partial charge in [-0.25, -0.2) is 4.98 Å². The maximum absolute atomic E-state index is 12.8. The second-order valence-corrected chi connectivity index (χ2v) is 7.40. The molecule has 0 fully saturated rings. The van der Waals surface area contributed by atoms with E-state index in [1.807, 2.05) is 18.2 Å². The zero-order chi connectivity index (χ0) is 19.5. The largest absolute Gasteiger partial charge is 0.434 e. The number of para-hydroxylation sites is 1. The summed E-state index contributed by atoms with van der Waals surface area (Å²) in [6, 6.07) is 14.5. The average molecular weight is 400 g/mol. The Morgan fingerprint density at radius 1 is 1.18 bits per heavy atom. The smallest absolute Gasteiger partial charge is 0.387 e. The molecule has 1 amide bonds. The number of ether oxygens (including phenoxy) is 1. The van der Waals surface area contributed by atoms with Gasteiger partial charge >= 0.3 is 6.61 Å². The standard InChI is InChI=1S/C21H18F2N2O2S/c22-20(23)27-18-11-4-3-9-16(18)17-12-28-21(24-17)25-19(26)15-10-5-7-13-6-1-2-8-14(13)15/h1-4,6,8-9,11-12,15,20H,5,7,10H2,(H,24,25,26). The molecule has 4 nitrogen and oxygen atoms in total. The van der Waals surface area contributed by atoms with Crippen LogP contribution in [-0.2, 0) is 11.2 Å². The van der Waals surface area contributed by atoms with Crippen molar-refractivity contribution in [3.8, 4) is 17.0 Å². The van der Waals surface area contributed by atoms with Crippen molar-refractivity contribution in [1.29, 1.82) is 0 Å². The first-order valence-electron chi connectivity index (χ1n) is 9.00.